The van der Waals surface area contributed by atoms with Crippen LogP contribution >= 0.6 is 0 Å². The summed E-state index contributed by atoms with van der Waals surface area (Å²) in [6, 6.07) is 1.41. The topological polar surface area (TPSA) is 78.1 Å². The fourth-order valence-corrected chi connectivity index (χ4v) is 3.78. The summed E-state index contributed by atoms with van der Waals surface area (Å²) < 4.78 is 23.3. The van der Waals surface area contributed by atoms with Gasteiger partial charge in [0, 0.05) is 19.1 Å². The highest BCUT2D eigenvalue weighted by Crippen LogP contribution is 2.52. The number of fused-ring (bicyclic) bond motifs is 6. The molecule has 0 amide bonds. The maximum Gasteiger partial charge on any atom is 0.336 e. The van der Waals surface area contributed by atoms with E-state index in [2.05, 4.69) is 0 Å². The number of ether oxygens (including phenoxy) is 3. The van der Waals surface area contributed by atoms with Crippen LogP contribution in [-0.4, -0.2) is 23.9 Å². The largest absolute Gasteiger partial charge is 0.489 e. The quantitative estimate of drug-likeness (QED) is 0.812. The number of hydrogen-bond donors (Lipinski definition) is 1. The van der Waals surface area contributed by atoms with Gasteiger partial charge in [-0.1, -0.05) is 6.92 Å². The van der Waals surface area contributed by atoms with Crippen molar-refractivity contribution in [2.24, 2.45) is 5.92 Å². The number of methoxy groups -OCH3 is 1. The Hall–Kier alpha value is -2.31. The highest BCUT2D eigenvalue weighted by atomic mass is 16.5. The van der Waals surface area contributed by atoms with Crippen LogP contribution in [0.4, 0.5) is 0 Å². The zero-order valence-corrected chi connectivity index (χ0v) is 16.2. The summed E-state index contributed by atoms with van der Waals surface area (Å²) in [5.41, 5.74) is 1.19. The minimum absolute atomic E-state index is 0.153. The predicted octanol–water partition coefficient (Wildman–Crippen LogP) is 3.57. The molecule has 3 atom stereocenters. The second-order valence-electron chi connectivity index (χ2n) is 7.88. The first kappa shape index (κ1) is 18.1. The molecule has 2 aromatic rings. The Bertz CT molecular complexity index is 1000. The number of aliphatic hydroxyl groups is 1. The van der Waals surface area contributed by atoms with Crippen LogP contribution in [0.2, 0.25) is 0 Å². The zero-order valence-electron chi connectivity index (χ0n) is 16.2. The van der Waals surface area contributed by atoms with Crippen molar-refractivity contribution in [3.63, 3.8) is 0 Å². The molecule has 0 saturated carbocycles. The van der Waals surface area contributed by atoms with E-state index in [4.69, 9.17) is 18.6 Å². The van der Waals surface area contributed by atoms with Gasteiger partial charge in [-0.25, -0.2) is 4.79 Å². The Labute approximate surface area is 157 Å². The van der Waals surface area contributed by atoms with Crippen LogP contribution in [0.3, 0.4) is 0 Å². The molecule has 1 N–H and O–H groups in total. The Balaban J connectivity index is 2.17. The SMILES string of the molecule is COCc1cc(=O)oc2c3c(c4c(c12)OC(C)(C)C=C4)OC(C)C(C)C3O. The van der Waals surface area contributed by atoms with Gasteiger partial charge in [0.05, 0.1) is 29.2 Å². The van der Waals surface area contributed by atoms with Crippen LogP contribution < -0.4 is 15.1 Å². The van der Waals surface area contributed by atoms with E-state index >= 15 is 0 Å². The van der Waals surface area contributed by atoms with Crippen molar-refractivity contribution < 1.29 is 23.7 Å². The third-order valence-corrected chi connectivity index (χ3v) is 5.40. The van der Waals surface area contributed by atoms with Crippen molar-refractivity contribution in [1.29, 1.82) is 0 Å². The van der Waals surface area contributed by atoms with E-state index in [-0.39, 0.29) is 18.6 Å². The molecule has 1 aromatic heterocycles. The molecule has 6 heteroatoms. The van der Waals surface area contributed by atoms with E-state index in [1.165, 1.54) is 6.07 Å². The van der Waals surface area contributed by atoms with Crippen LogP contribution in [0.5, 0.6) is 11.5 Å². The lowest BCUT2D eigenvalue weighted by Gasteiger charge is -2.37. The number of benzene rings is 1. The van der Waals surface area contributed by atoms with Gasteiger partial charge in [0.15, 0.2) is 5.58 Å². The normalized spacial score (nSPS) is 25.5. The fourth-order valence-electron chi connectivity index (χ4n) is 3.78. The smallest absolute Gasteiger partial charge is 0.336 e. The second-order valence-corrected chi connectivity index (χ2v) is 7.88. The Morgan fingerprint density at radius 3 is 2.70 bits per heavy atom. The van der Waals surface area contributed by atoms with Crippen molar-refractivity contribution >= 4 is 17.0 Å². The maximum atomic E-state index is 12.2. The minimum atomic E-state index is -0.819. The Morgan fingerprint density at radius 2 is 2.00 bits per heavy atom. The lowest BCUT2D eigenvalue weighted by Crippen LogP contribution is -2.34. The molecule has 2 aliphatic heterocycles. The highest BCUT2D eigenvalue weighted by Gasteiger charge is 2.39. The average molecular weight is 372 g/mol. The first-order chi connectivity index (χ1) is 12.7. The molecule has 3 heterocycles. The van der Waals surface area contributed by atoms with Gasteiger partial charge in [-0.3, -0.25) is 0 Å². The third kappa shape index (κ3) is 2.75. The molecule has 144 valence electrons. The van der Waals surface area contributed by atoms with Gasteiger partial charge in [-0.15, -0.1) is 0 Å². The molecule has 3 unspecified atom stereocenters. The predicted molar refractivity (Wildman–Crippen MR) is 101 cm³/mol. The lowest BCUT2D eigenvalue weighted by molar-refractivity contribution is 0.0173. The van der Waals surface area contributed by atoms with E-state index < -0.39 is 17.3 Å². The van der Waals surface area contributed by atoms with Gasteiger partial charge in [0.25, 0.3) is 0 Å². The minimum Gasteiger partial charge on any atom is -0.489 e. The Morgan fingerprint density at radius 1 is 1.26 bits per heavy atom. The van der Waals surface area contributed by atoms with Crippen LogP contribution in [-0.2, 0) is 11.3 Å². The summed E-state index contributed by atoms with van der Waals surface area (Å²) in [5, 5.41) is 11.6. The number of aliphatic hydroxyl groups excluding tert-OH is 1. The maximum absolute atomic E-state index is 12.2. The molecule has 1 aromatic carbocycles. The van der Waals surface area contributed by atoms with Gasteiger partial charge in [-0.2, -0.15) is 0 Å². The molecule has 6 nitrogen and oxygen atoms in total. The monoisotopic (exact) mass is 372 g/mol. The molecule has 0 aliphatic carbocycles. The summed E-state index contributed by atoms with van der Waals surface area (Å²) in [5.74, 6) is 0.945. The van der Waals surface area contributed by atoms with Crippen molar-refractivity contribution in [3.05, 3.63) is 39.3 Å². The lowest BCUT2D eigenvalue weighted by atomic mass is 9.85. The van der Waals surface area contributed by atoms with Crippen LogP contribution in [0, 0.1) is 5.92 Å². The van der Waals surface area contributed by atoms with Crippen LogP contribution in [0.25, 0.3) is 17.0 Å². The van der Waals surface area contributed by atoms with Crippen LogP contribution in [0.15, 0.2) is 21.4 Å². The van der Waals surface area contributed by atoms with Gasteiger partial charge >= 0.3 is 5.63 Å². The van der Waals surface area contributed by atoms with Gasteiger partial charge in [-0.05, 0) is 38.5 Å². The molecule has 0 fully saturated rings. The summed E-state index contributed by atoms with van der Waals surface area (Å²) >= 11 is 0. The van der Waals surface area contributed by atoms with Gasteiger partial charge in [0.1, 0.15) is 23.2 Å². The molecule has 27 heavy (non-hydrogen) atoms. The summed E-state index contributed by atoms with van der Waals surface area (Å²) in [6.07, 6.45) is 2.90. The third-order valence-electron chi connectivity index (χ3n) is 5.40. The van der Waals surface area contributed by atoms with E-state index in [0.717, 1.165) is 5.56 Å². The van der Waals surface area contributed by atoms with E-state index in [1.54, 1.807) is 7.11 Å². The summed E-state index contributed by atoms with van der Waals surface area (Å²) in [6.45, 7) is 7.96. The van der Waals surface area contributed by atoms with Crippen molar-refractivity contribution in [3.8, 4) is 11.5 Å². The molecule has 4 rings (SSSR count). The summed E-state index contributed by atoms with van der Waals surface area (Å²) in [4.78, 5) is 12.2. The molecule has 0 radical (unpaired) electrons. The fraction of sp³-hybridized carbons (Fsp3) is 0.476. The average Bonchev–Trinajstić information content (AvgIpc) is 2.58. The molecule has 0 bridgehead atoms. The van der Waals surface area contributed by atoms with E-state index in [9.17, 15) is 9.90 Å². The van der Waals surface area contributed by atoms with Crippen LogP contribution in [0.1, 0.15) is 50.5 Å². The molecule has 0 saturated heterocycles. The first-order valence-electron chi connectivity index (χ1n) is 9.12. The highest BCUT2D eigenvalue weighted by molar-refractivity contribution is 5.97. The molecule has 0 spiro atoms. The van der Waals surface area contributed by atoms with Crippen molar-refractivity contribution in [2.75, 3.05) is 7.11 Å². The first-order valence-corrected chi connectivity index (χ1v) is 9.12. The summed E-state index contributed by atoms with van der Waals surface area (Å²) in [7, 11) is 1.57. The Kier molecular flexibility index (Phi) is 4.09. The molecular weight excluding hydrogens is 348 g/mol. The van der Waals surface area contributed by atoms with Crippen molar-refractivity contribution in [2.45, 2.75) is 52.1 Å². The zero-order chi connectivity index (χ0) is 19.5. The van der Waals surface area contributed by atoms with Gasteiger partial charge in [0.2, 0.25) is 0 Å². The van der Waals surface area contributed by atoms with E-state index in [1.807, 2.05) is 39.8 Å². The second kappa shape index (κ2) is 6.11. The molecular formula is C21H24O6. The number of hydrogen-bond acceptors (Lipinski definition) is 6. The number of rotatable bonds is 2. The van der Waals surface area contributed by atoms with Gasteiger partial charge < -0.3 is 23.7 Å². The standard InChI is InChI=1S/C21H24O6/c1-10-11(2)25-18-13-6-7-21(3,4)27-19(13)15-12(9-24-5)8-14(22)26-20(15)16(18)17(10)23/h6-8,10-11,17,23H,9H2,1-5H3. The molecule has 2 aliphatic rings. The van der Waals surface area contributed by atoms with Crippen molar-refractivity contribution in [1.82, 2.24) is 0 Å². The van der Waals surface area contributed by atoms with E-state index in [0.29, 0.717) is 33.6 Å².